The van der Waals surface area contributed by atoms with Crippen molar-refractivity contribution in [2.24, 2.45) is 0 Å². The van der Waals surface area contributed by atoms with E-state index in [0.29, 0.717) is 10.9 Å². The molecule has 1 aromatic heterocycles. The van der Waals surface area contributed by atoms with Gasteiger partial charge in [-0.15, -0.1) is 0 Å². The summed E-state index contributed by atoms with van der Waals surface area (Å²) in [6, 6.07) is 6.38. The van der Waals surface area contributed by atoms with E-state index >= 15 is 0 Å². The average molecular weight is 321 g/mol. The van der Waals surface area contributed by atoms with Crippen molar-refractivity contribution in [3.63, 3.8) is 0 Å². The fraction of sp³-hybridized carbons (Fsp3) is 0.231. The third kappa shape index (κ3) is 3.11. The maximum absolute atomic E-state index is 11.9. The standard InChI is InChI=1S/C13H11N3O3S2/c17-12-10-6-20-7-11(10)14-13(15-12)21-5-8-1-3-9(4-2-8)16(18)19/h1-4H,5-7H2,(H,14,15,17). The van der Waals surface area contributed by atoms with Gasteiger partial charge in [0.25, 0.3) is 11.2 Å². The fourth-order valence-electron chi connectivity index (χ4n) is 1.97. The minimum absolute atomic E-state index is 0.0591. The number of aromatic amines is 1. The van der Waals surface area contributed by atoms with E-state index in [1.165, 1.54) is 23.9 Å². The maximum Gasteiger partial charge on any atom is 0.269 e. The highest BCUT2D eigenvalue weighted by atomic mass is 32.2. The van der Waals surface area contributed by atoms with Crippen molar-refractivity contribution >= 4 is 29.2 Å². The van der Waals surface area contributed by atoms with Gasteiger partial charge in [0.15, 0.2) is 5.16 Å². The first-order valence-electron chi connectivity index (χ1n) is 6.19. The van der Waals surface area contributed by atoms with Crippen molar-refractivity contribution in [2.45, 2.75) is 22.4 Å². The molecule has 108 valence electrons. The third-order valence-corrected chi connectivity index (χ3v) is 5.00. The van der Waals surface area contributed by atoms with Crippen LogP contribution in [0.15, 0.2) is 34.2 Å². The highest BCUT2D eigenvalue weighted by molar-refractivity contribution is 7.98. The van der Waals surface area contributed by atoms with Crippen LogP contribution in [-0.2, 0) is 17.3 Å². The first kappa shape index (κ1) is 14.2. The largest absolute Gasteiger partial charge is 0.301 e. The smallest absolute Gasteiger partial charge is 0.269 e. The van der Waals surface area contributed by atoms with Crippen LogP contribution in [0.5, 0.6) is 0 Å². The van der Waals surface area contributed by atoms with Crippen molar-refractivity contribution in [1.82, 2.24) is 9.97 Å². The molecule has 2 aromatic rings. The summed E-state index contributed by atoms with van der Waals surface area (Å²) in [5.41, 5.74) is 2.61. The van der Waals surface area contributed by atoms with Crippen molar-refractivity contribution in [1.29, 1.82) is 0 Å². The van der Waals surface area contributed by atoms with Crippen LogP contribution < -0.4 is 5.56 Å². The number of nitro groups is 1. The molecule has 1 N–H and O–H groups in total. The Kier molecular flexibility index (Phi) is 3.98. The van der Waals surface area contributed by atoms with Crippen LogP contribution in [0, 0.1) is 10.1 Å². The Balaban J connectivity index is 1.72. The van der Waals surface area contributed by atoms with Gasteiger partial charge in [0.05, 0.1) is 10.6 Å². The second-order valence-corrected chi connectivity index (χ2v) is 6.45. The third-order valence-electron chi connectivity index (χ3n) is 3.09. The van der Waals surface area contributed by atoms with Gasteiger partial charge in [-0.3, -0.25) is 14.9 Å². The molecule has 0 unspecified atom stereocenters. The van der Waals surface area contributed by atoms with Crippen LogP contribution in [0.25, 0.3) is 0 Å². The second-order valence-electron chi connectivity index (χ2n) is 4.50. The predicted molar refractivity (Wildman–Crippen MR) is 82.5 cm³/mol. The number of nitro benzene ring substituents is 1. The second kappa shape index (κ2) is 5.90. The summed E-state index contributed by atoms with van der Waals surface area (Å²) in [5.74, 6) is 2.11. The first-order valence-corrected chi connectivity index (χ1v) is 8.33. The molecule has 2 heterocycles. The Labute approximate surface area is 128 Å². The Hall–Kier alpha value is -1.80. The van der Waals surface area contributed by atoms with Gasteiger partial charge in [-0.2, -0.15) is 11.8 Å². The molecule has 0 amide bonds. The van der Waals surface area contributed by atoms with E-state index in [1.54, 1.807) is 23.9 Å². The average Bonchev–Trinajstić information content (AvgIpc) is 2.94. The van der Waals surface area contributed by atoms with Crippen molar-refractivity contribution in [2.75, 3.05) is 0 Å². The van der Waals surface area contributed by atoms with E-state index in [0.717, 1.165) is 28.3 Å². The Morgan fingerprint density at radius 1 is 1.33 bits per heavy atom. The quantitative estimate of drug-likeness (QED) is 0.403. The van der Waals surface area contributed by atoms with E-state index in [-0.39, 0.29) is 11.2 Å². The summed E-state index contributed by atoms with van der Waals surface area (Å²) in [7, 11) is 0. The summed E-state index contributed by atoms with van der Waals surface area (Å²) >= 11 is 3.11. The number of hydrogen-bond acceptors (Lipinski definition) is 6. The number of H-pyrrole nitrogens is 1. The lowest BCUT2D eigenvalue weighted by Crippen LogP contribution is -2.14. The normalized spacial score (nSPS) is 13.1. The van der Waals surface area contributed by atoms with Crippen LogP contribution in [0.1, 0.15) is 16.8 Å². The van der Waals surface area contributed by atoms with Gasteiger partial charge in [0.2, 0.25) is 0 Å². The van der Waals surface area contributed by atoms with Gasteiger partial charge in [-0.25, -0.2) is 4.98 Å². The molecule has 0 atom stereocenters. The van der Waals surface area contributed by atoms with E-state index in [2.05, 4.69) is 9.97 Å². The molecule has 0 bridgehead atoms. The van der Waals surface area contributed by atoms with Gasteiger partial charge < -0.3 is 4.98 Å². The summed E-state index contributed by atoms with van der Waals surface area (Å²) in [6.07, 6.45) is 0. The SMILES string of the molecule is O=c1[nH]c(SCc2ccc([N+](=O)[O-])cc2)nc2c1CSC2. The summed E-state index contributed by atoms with van der Waals surface area (Å²) in [5, 5.41) is 11.2. The Morgan fingerprint density at radius 3 is 2.81 bits per heavy atom. The topological polar surface area (TPSA) is 88.9 Å². The van der Waals surface area contributed by atoms with Gasteiger partial charge in [-0.05, 0) is 5.56 Å². The molecule has 0 spiro atoms. The van der Waals surface area contributed by atoms with Gasteiger partial charge >= 0.3 is 0 Å². The number of aromatic nitrogens is 2. The summed E-state index contributed by atoms with van der Waals surface area (Å²) in [6.45, 7) is 0. The lowest BCUT2D eigenvalue weighted by molar-refractivity contribution is -0.384. The molecule has 1 aromatic carbocycles. The minimum atomic E-state index is -0.422. The molecular formula is C13H11N3O3S2. The maximum atomic E-state index is 11.9. The van der Waals surface area contributed by atoms with Crippen molar-refractivity contribution in [3.05, 3.63) is 61.6 Å². The zero-order chi connectivity index (χ0) is 14.8. The van der Waals surface area contributed by atoms with Crippen LogP contribution >= 0.6 is 23.5 Å². The lowest BCUT2D eigenvalue weighted by atomic mass is 10.2. The van der Waals surface area contributed by atoms with Crippen LogP contribution in [0.2, 0.25) is 0 Å². The summed E-state index contributed by atoms with van der Waals surface area (Å²) in [4.78, 5) is 29.3. The van der Waals surface area contributed by atoms with Crippen LogP contribution in [0.3, 0.4) is 0 Å². The molecule has 8 heteroatoms. The predicted octanol–water partition coefficient (Wildman–Crippen LogP) is 2.72. The molecule has 6 nitrogen and oxygen atoms in total. The number of nitrogens with one attached hydrogen (secondary N) is 1. The number of nitrogens with zero attached hydrogens (tertiary/aromatic N) is 2. The summed E-state index contributed by atoms with van der Waals surface area (Å²) < 4.78 is 0. The van der Waals surface area contributed by atoms with E-state index in [9.17, 15) is 14.9 Å². The van der Waals surface area contributed by atoms with E-state index in [1.807, 2.05) is 0 Å². The molecule has 21 heavy (non-hydrogen) atoms. The Morgan fingerprint density at radius 2 is 2.10 bits per heavy atom. The molecule has 0 radical (unpaired) electrons. The zero-order valence-electron chi connectivity index (χ0n) is 10.9. The highest BCUT2D eigenvalue weighted by Gasteiger charge is 2.17. The number of thioether (sulfide) groups is 2. The number of hydrogen-bond donors (Lipinski definition) is 1. The van der Waals surface area contributed by atoms with Gasteiger partial charge in [0, 0.05) is 35.0 Å². The monoisotopic (exact) mass is 321 g/mol. The van der Waals surface area contributed by atoms with Crippen LogP contribution in [-0.4, -0.2) is 14.9 Å². The molecule has 1 aliphatic rings. The number of rotatable bonds is 4. The molecule has 0 fully saturated rings. The number of benzene rings is 1. The molecule has 0 aliphatic carbocycles. The molecule has 3 rings (SSSR count). The van der Waals surface area contributed by atoms with Gasteiger partial charge in [-0.1, -0.05) is 23.9 Å². The minimum Gasteiger partial charge on any atom is -0.301 e. The first-order chi connectivity index (χ1) is 10.1. The lowest BCUT2D eigenvalue weighted by Gasteiger charge is -2.03. The Bertz CT molecular complexity index is 743. The van der Waals surface area contributed by atoms with Crippen molar-refractivity contribution < 1.29 is 4.92 Å². The fourth-order valence-corrected chi connectivity index (χ4v) is 3.85. The molecule has 1 aliphatic heterocycles. The zero-order valence-corrected chi connectivity index (χ0v) is 12.5. The molecule has 0 saturated carbocycles. The van der Waals surface area contributed by atoms with Gasteiger partial charge in [0.1, 0.15) is 0 Å². The van der Waals surface area contributed by atoms with Crippen LogP contribution in [0.4, 0.5) is 5.69 Å². The highest BCUT2D eigenvalue weighted by Crippen LogP contribution is 2.27. The van der Waals surface area contributed by atoms with Crippen molar-refractivity contribution in [3.8, 4) is 0 Å². The van der Waals surface area contributed by atoms with E-state index < -0.39 is 4.92 Å². The molecular weight excluding hydrogens is 310 g/mol. The number of fused-ring (bicyclic) bond motifs is 1. The van der Waals surface area contributed by atoms with E-state index in [4.69, 9.17) is 0 Å². The molecule has 0 saturated heterocycles. The number of non-ortho nitro benzene ring substituents is 1.